The average molecular weight is 183 g/mol. The Hall–Kier alpha value is 0.0249. The van der Waals surface area contributed by atoms with Gasteiger partial charge in [-0.2, -0.15) is 0 Å². The van der Waals surface area contributed by atoms with Gasteiger partial charge >= 0.3 is 0 Å². The molecule has 0 aliphatic carbocycles. The summed E-state index contributed by atoms with van der Waals surface area (Å²) in [5.74, 6) is 0.436. The predicted molar refractivity (Wildman–Crippen MR) is 60.0 cm³/mol. The van der Waals surface area contributed by atoms with Gasteiger partial charge < -0.3 is 5.02 Å². The van der Waals surface area contributed by atoms with Crippen molar-refractivity contribution >= 4 is 7.48 Å². The minimum atomic E-state index is 0.436. The van der Waals surface area contributed by atoms with Crippen LogP contribution in [-0.4, -0.2) is 12.5 Å². The highest BCUT2D eigenvalue weighted by Crippen LogP contribution is 2.18. The minimum absolute atomic E-state index is 0.436. The molecule has 77 valence electrons. The van der Waals surface area contributed by atoms with Crippen molar-refractivity contribution in [2.75, 3.05) is 0 Å². The molecule has 2 heteroatoms. The number of rotatable bonds is 9. The van der Waals surface area contributed by atoms with Crippen LogP contribution in [0.15, 0.2) is 0 Å². The van der Waals surface area contributed by atoms with E-state index in [-0.39, 0.29) is 0 Å². The molecule has 0 spiro atoms. The quantitative estimate of drug-likeness (QED) is 0.428. The van der Waals surface area contributed by atoms with Crippen LogP contribution in [0.25, 0.3) is 0 Å². The molecule has 1 radical (unpaired) electrons. The highest BCUT2D eigenvalue weighted by atomic mass is 16.2. The summed E-state index contributed by atoms with van der Waals surface area (Å²) in [6.07, 6.45) is 10.3. The van der Waals surface area contributed by atoms with Crippen LogP contribution in [0.2, 0.25) is 5.82 Å². The highest BCUT2D eigenvalue weighted by Gasteiger charge is 2.05. The van der Waals surface area contributed by atoms with Gasteiger partial charge in [-0.3, -0.25) is 0 Å². The fraction of sp³-hybridized carbons (Fsp3) is 1.00. The van der Waals surface area contributed by atoms with Crippen molar-refractivity contribution in [3.05, 3.63) is 0 Å². The first-order valence-corrected chi connectivity index (χ1v) is 5.82. The van der Waals surface area contributed by atoms with Gasteiger partial charge in [0.1, 0.15) is 0 Å². The van der Waals surface area contributed by atoms with Crippen LogP contribution in [-0.2, 0) is 0 Å². The molecule has 0 aromatic rings. The molecule has 0 amide bonds. The van der Waals surface area contributed by atoms with E-state index >= 15 is 0 Å². The van der Waals surface area contributed by atoms with E-state index in [0.29, 0.717) is 5.82 Å². The molecule has 0 saturated heterocycles. The van der Waals surface area contributed by atoms with Crippen molar-refractivity contribution in [1.29, 1.82) is 0 Å². The molecular weight excluding hydrogens is 159 g/mol. The van der Waals surface area contributed by atoms with Crippen molar-refractivity contribution < 1.29 is 5.02 Å². The second-order valence-corrected chi connectivity index (χ2v) is 3.87. The van der Waals surface area contributed by atoms with E-state index in [4.69, 9.17) is 5.02 Å². The lowest BCUT2D eigenvalue weighted by Gasteiger charge is -2.08. The largest absolute Gasteiger partial charge is 0.454 e. The highest BCUT2D eigenvalue weighted by molar-refractivity contribution is 6.27. The Morgan fingerprint density at radius 1 is 1.00 bits per heavy atom. The van der Waals surface area contributed by atoms with E-state index in [9.17, 15) is 0 Å². The summed E-state index contributed by atoms with van der Waals surface area (Å²) in [4.78, 5) is 0. The van der Waals surface area contributed by atoms with Gasteiger partial charge in [-0.25, -0.2) is 0 Å². The van der Waals surface area contributed by atoms with Crippen molar-refractivity contribution in [1.82, 2.24) is 0 Å². The Balaban J connectivity index is 3.05. The summed E-state index contributed by atoms with van der Waals surface area (Å²) < 4.78 is 0. The van der Waals surface area contributed by atoms with Gasteiger partial charge in [0.05, 0.1) is 0 Å². The number of hydrogen-bond donors (Lipinski definition) is 1. The van der Waals surface area contributed by atoms with Crippen molar-refractivity contribution in [3.8, 4) is 0 Å². The monoisotopic (exact) mass is 183 g/mol. The van der Waals surface area contributed by atoms with E-state index < -0.39 is 0 Å². The topological polar surface area (TPSA) is 20.2 Å². The number of unbranched alkanes of at least 4 members (excludes halogenated alkanes) is 5. The average Bonchev–Trinajstić information content (AvgIpc) is 2.17. The molecule has 1 atom stereocenters. The van der Waals surface area contributed by atoms with E-state index in [0.717, 1.165) is 6.42 Å². The van der Waals surface area contributed by atoms with Gasteiger partial charge in [-0.05, 0) is 5.82 Å². The Kier molecular flexibility index (Phi) is 10.1. The van der Waals surface area contributed by atoms with Crippen molar-refractivity contribution in [2.45, 2.75) is 71.0 Å². The zero-order valence-electron chi connectivity index (χ0n) is 9.26. The molecular formula is C11H24BO. The Morgan fingerprint density at radius 3 is 2.15 bits per heavy atom. The van der Waals surface area contributed by atoms with Crippen molar-refractivity contribution in [3.63, 3.8) is 0 Å². The summed E-state index contributed by atoms with van der Waals surface area (Å²) >= 11 is 0. The molecule has 1 unspecified atom stereocenters. The van der Waals surface area contributed by atoms with Gasteiger partial charge in [0.15, 0.2) is 0 Å². The molecule has 0 bridgehead atoms. The lowest BCUT2D eigenvalue weighted by atomic mass is 9.75. The fourth-order valence-corrected chi connectivity index (χ4v) is 1.57. The first-order chi connectivity index (χ1) is 6.35. The van der Waals surface area contributed by atoms with E-state index in [2.05, 4.69) is 13.8 Å². The van der Waals surface area contributed by atoms with Gasteiger partial charge in [-0.1, -0.05) is 65.2 Å². The molecule has 1 nitrogen and oxygen atoms in total. The van der Waals surface area contributed by atoms with Gasteiger partial charge in [0, 0.05) is 0 Å². The van der Waals surface area contributed by atoms with Gasteiger partial charge in [0.2, 0.25) is 0 Å². The Bertz CT molecular complexity index is 92.1. The van der Waals surface area contributed by atoms with Crippen LogP contribution in [0, 0.1) is 0 Å². The summed E-state index contributed by atoms with van der Waals surface area (Å²) in [5, 5.41) is 8.84. The summed E-state index contributed by atoms with van der Waals surface area (Å²) in [5.41, 5.74) is 0. The molecule has 0 rings (SSSR count). The predicted octanol–water partition coefficient (Wildman–Crippen LogP) is 3.55. The maximum Gasteiger partial charge on any atom is 0.290 e. The molecule has 0 aliphatic rings. The van der Waals surface area contributed by atoms with Crippen LogP contribution in [0.1, 0.15) is 65.2 Å². The smallest absolute Gasteiger partial charge is 0.290 e. The van der Waals surface area contributed by atoms with Crippen LogP contribution in [0.3, 0.4) is 0 Å². The van der Waals surface area contributed by atoms with E-state index in [1.165, 1.54) is 52.4 Å². The van der Waals surface area contributed by atoms with E-state index in [1.54, 1.807) is 0 Å². The lowest BCUT2D eigenvalue weighted by molar-refractivity contribution is 0.526. The van der Waals surface area contributed by atoms with Gasteiger partial charge in [0.25, 0.3) is 7.48 Å². The molecule has 0 heterocycles. The normalized spacial score (nSPS) is 12.8. The van der Waals surface area contributed by atoms with Crippen LogP contribution < -0.4 is 0 Å². The molecule has 13 heavy (non-hydrogen) atoms. The zero-order valence-corrected chi connectivity index (χ0v) is 9.26. The van der Waals surface area contributed by atoms with Crippen LogP contribution in [0.4, 0.5) is 0 Å². The summed E-state index contributed by atoms with van der Waals surface area (Å²) in [6.45, 7) is 4.38. The summed E-state index contributed by atoms with van der Waals surface area (Å²) in [7, 11) is 1.37. The molecule has 0 fully saturated rings. The summed E-state index contributed by atoms with van der Waals surface area (Å²) in [6, 6.07) is 0. The third kappa shape index (κ3) is 8.36. The fourth-order valence-electron chi connectivity index (χ4n) is 1.57. The molecule has 0 aliphatic heterocycles. The molecule has 0 saturated carbocycles. The third-order valence-electron chi connectivity index (χ3n) is 2.66. The lowest BCUT2D eigenvalue weighted by Crippen LogP contribution is -2.01. The number of hydrogen-bond acceptors (Lipinski definition) is 1. The standard InChI is InChI=1S/C11H24BO/c1-3-5-6-7-8-9-10-11(4-2)12-13/h11,13H,3-10H2,1-2H3. The van der Waals surface area contributed by atoms with Crippen LogP contribution >= 0.6 is 0 Å². The van der Waals surface area contributed by atoms with Crippen molar-refractivity contribution in [2.24, 2.45) is 0 Å². The van der Waals surface area contributed by atoms with Crippen LogP contribution in [0.5, 0.6) is 0 Å². The second-order valence-electron chi connectivity index (χ2n) is 3.87. The molecule has 0 aromatic carbocycles. The van der Waals surface area contributed by atoms with E-state index in [1.807, 2.05) is 0 Å². The first-order valence-electron chi connectivity index (χ1n) is 5.82. The Morgan fingerprint density at radius 2 is 1.62 bits per heavy atom. The zero-order chi connectivity index (χ0) is 9.94. The molecule has 1 N–H and O–H groups in total. The second kappa shape index (κ2) is 10.1. The first kappa shape index (κ1) is 13.0. The molecule has 0 aromatic heterocycles. The Labute approximate surface area is 84.2 Å². The third-order valence-corrected chi connectivity index (χ3v) is 2.66. The maximum absolute atomic E-state index is 8.84. The SMILES string of the molecule is CCCCCCCCC([B]O)CC. The van der Waals surface area contributed by atoms with Gasteiger partial charge in [-0.15, -0.1) is 0 Å². The minimum Gasteiger partial charge on any atom is -0.454 e. The maximum atomic E-state index is 8.84.